The van der Waals surface area contributed by atoms with Crippen LogP contribution in [-0.2, 0) is 23.6 Å². The molecule has 208 valence electrons. The highest BCUT2D eigenvalue weighted by atomic mass is 19.4. The van der Waals surface area contributed by atoms with Gasteiger partial charge < -0.3 is 14.8 Å². The van der Waals surface area contributed by atoms with Crippen molar-refractivity contribution in [3.63, 3.8) is 0 Å². The molecule has 2 aromatic rings. The Labute approximate surface area is 210 Å². The van der Waals surface area contributed by atoms with Crippen LogP contribution in [-0.4, -0.2) is 29.4 Å². The fraction of sp³-hybridized carbons (Fsp3) is 0.458. The van der Waals surface area contributed by atoms with Gasteiger partial charge in [-0.05, 0) is 73.7 Å². The van der Waals surface area contributed by atoms with E-state index in [0.29, 0.717) is 17.8 Å². The zero-order chi connectivity index (χ0) is 28.0. The summed E-state index contributed by atoms with van der Waals surface area (Å²) in [6, 6.07) is 3.43. The molecule has 5 nitrogen and oxygen atoms in total. The second-order valence-corrected chi connectivity index (χ2v) is 9.15. The average Bonchev–Trinajstić information content (AvgIpc) is 3.03. The Kier molecular flexibility index (Phi) is 7.12. The van der Waals surface area contributed by atoms with E-state index in [9.17, 15) is 44.3 Å². The summed E-state index contributed by atoms with van der Waals surface area (Å²) in [5, 5.41) is 3.17. The van der Waals surface area contributed by atoms with E-state index in [1.165, 1.54) is 13.0 Å². The Morgan fingerprint density at radius 3 is 2.05 bits per heavy atom. The molecule has 2 atom stereocenters. The van der Waals surface area contributed by atoms with Crippen LogP contribution in [0.3, 0.4) is 0 Å². The fourth-order valence-electron chi connectivity index (χ4n) is 4.30. The molecular weight excluding hydrogens is 535 g/mol. The van der Waals surface area contributed by atoms with Gasteiger partial charge in [0, 0.05) is 11.7 Å². The number of anilines is 1. The van der Waals surface area contributed by atoms with Crippen molar-refractivity contribution in [1.82, 2.24) is 4.90 Å². The molecule has 0 aromatic heterocycles. The molecule has 1 heterocycles. The average molecular weight is 556 g/mol. The second kappa shape index (κ2) is 9.77. The van der Waals surface area contributed by atoms with Crippen molar-refractivity contribution in [2.75, 3.05) is 5.32 Å². The SMILES string of the molecule is C[C@H]1[C@@H](c2cc(C(F)(F)F)cc(C(F)(F)F)c2)OC(=O)N1Cc1cc(OC(F)(F)F)ccc1NC1CCC1. The number of amides is 1. The summed E-state index contributed by atoms with van der Waals surface area (Å²) < 4.78 is 127. The lowest BCUT2D eigenvalue weighted by atomic mass is 9.92. The minimum atomic E-state index is -5.09. The summed E-state index contributed by atoms with van der Waals surface area (Å²) >= 11 is 0. The molecule has 1 amide bonds. The Morgan fingerprint density at radius 2 is 1.55 bits per heavy atom. The number of nitrogens with zero attached hydrogens (tertiary/aromatic N) is 1. The number of carbonyl (C=O) groups excluding carboxylic acids is 1. The number of cyclic esters (lactones) is 1. The summed E-state index contributed by atoms with van der Waals surface area (Å²) in [7, 11) is 0. The number of alkyl halides is 9. The molecule has 1 N–H and O–H groups in total. The quantitative estimate of drug-likeness (QED) is 0.371. The van der Waals surface area contributed by atoms with Gasteiger partial charge in [0.05, 0.1) is 23.7 Å². The summed E-state index contributed by atoms with van der Waals surface area (Å²) in [5.41, 5.74) is -3.03. The first-order chi connectivity index (χ1) is 17.5. The molecule has 0 spiro atoms. The zero-order valence-electron chi connectivity index (χ0n) is 19.6. The summed E-state index contributed by atoms with van der Waals surface area (Å²) in [5.74, 6) is -0.559. The van der Waals surface area contributed by atoms with Crippen LogP contribution in [0.5, 0.6) is 5.75 Å². The van der Waals surface area contributed by atoms with Crippen LogP contribution < -0.4 is 10.1 Å². The summed E-state index contributed by atoms with van der Waals surface area (Å²) in [4.78, 5) is 13.7. The largest absolute Gasteiger partial charge is 0.573 e. The number of ether oxygens (including phenoxy) is 2. The molecular formula is C24H21F9N2O3. The van der Waals surface area contributed by atoms with Crippen LogP contribution in [0, 0.1) is 0 Å². The normalized spacial score (nSPS) is 20.8. The lowest BCUT2D eigenvalue weighted by Crippen LogP contribution is -2.33. The van der Waals surface area contributed by atoms with Crippen molar-refractivity contribution in [2.45, 2.75) is 69.6 Å². The fourth-order valence-corrected chi connectivity index (χ4v) is 4.30. The van der Waals surface area contributed by atoms with Crippen LogP contribution in [0.1, 0.15) is 54.5 Å². The van der Waals surface area contributed by atoms with Crippen molar-refractivity contribution in [1.29, 1.82) is 0 Å². The summed E-state index contributed by atoms with van der Waals surface area (Å²) in [6.45, 7) is 1.02. The molecule has 38 heavy (non-hydrogen) atoms. The van der Waals surface area contributed by atoms with Gasteiger partial charge in [-0.25, -0.2) is 4.79 Å². The van der Waals surface area contributed by atoms with Crippen molar-refractivity contribution in [3.05, 3.63) is 58.7 Å². The predicted octanol–water partition coefficient (Wildman–Crippen LogP) is 7.67. The molecule has 0 bridgehead atoms. The maximum atomic E-state index is 13.3. The highest BCUT2D eigenvalue weighted by Gasteiger charge is 2.43. The third kappa shape index (κ3) is 6.21. The van der Waals surface area contributed by atoms with E-state index in [4.69, 9.17) is 4.74 Å². The molecule has 1 aliphatic heterocycles. The van der Waals surface area contributed by atoms with Crippen LogP contribution in [0.2, 0.25) is 0 Å². The molecule has 2 fully saturated rings. The van der Waals surface area contributed by atoms with E-state index < -0.39 is 59.4 Å². The number of hydrogen-bond donors (Lipinski definition) is 1. The molecule has 1 saturated heterocycles. The molecule has 1 saturated carbocycles. The van der Waals surface area contributed by atoms with E-state index in [-0.39, 0.29) is 24.2 Å². The van der Waals surface area contributed by atoms with Crippen molar-refractivity contribution in [2.24, 2.45) is 0 Å². The maximum Gasteiger partial charge on any atom is 0.573 e. The number of carbonyl (C=O) groups is 1. The highest BCUT2D eigenvalue weighted by Crippen LogP contribution is 2.41. The van der Waals surface area contributed by atoms with Crippen LogP contribution >= 0.6 is 0 Å². The monoisotopic (exact) mass is 556 g/mol. The topological polar surface area (TPSA) is 50.8 Å². The molecule has 2 aromatic carbocycles. The number of benzene rings is 2. The first kappa shape index (κ1) is 27.7. The van der Waals surface area contributed by atoms with Crippen LogP contribution in [0.25, 0.3) is 0 Å². The Morgan fingerprint density at radius 1 is 0.947 bits per heavy atom. The van der Waals surface area contributed by atoms with E-state index in [0.717, 1.165) is 36.3 Å². The van der Waals surface area contributed by atoms with E-state index in [1.807, 2.05) is 0 Å². The van der Waals surface area contributed by atoms with Gasteiger partial charge in [0.2, 0.25) is 0 Å². The van der Waals surface area contributed by atoms with Gasteiger partial charge in [-0.1, -0.05) is 0 Å². The number of nitrogens with one attached hydrogen (secondary N) is 1. The van der Waals surface area contributed by atoms with Gasteiger partial charge in [0.25, 0.3) is 0 Å². The molecule has 4 rings (SSSR count). The molecule has 14 heteroatoms. The molecule has 2 aliphatic rings. The van der Waals surface area contributed by atoms with Crippen LogP contribution in [0.15, 0.2) is 36.4 Å². The predicted molar refractivity (Wildman–Crippen MR) is 115 cm³/mol. The molecule has 1 aliphatic carbocycles. The summed E-state index contributed by atoms with van der Waals surface area (Å²) in [6.07, 6.45) is -15.1. The Hall–Kier alpha value is -3.32. The lowest BCUT2D eigenvalue weighted by Gasteiger charge is -2.30. The van der Waals surface area contributed by atoms with Gasteiger partial charge in [-0.2, -0.15) is 26.3 Å². The maximum absolute atomic E-state index is 13.3. The minimum absolute atomic E-state index is 0.0345. The lowest BCUT2D eigenvalue weighted by molar-refractivity contribution is -0.274. The third-order valence-corrected chi connectivity index (χ3v) is 6.45. The Bertz CT molecular complexity index is 1160. The second-order valence-electron chi connectivity index (χ2n) is 9.15. The van der Waals surface area contributed by atoms with Gasteiger partial charge in [-0.3, -0.25) is 4.90 Å². The Balaban J connectivity index is 1.65. The third-order valence-electron chi connectivity index (χ3n) is 6.45. The first-order valence-corrected chi connectivity index (χ1v) is 11.4. The van der Waals surface area contributed by atoms with Crippen molar-refractivity contribution < 1.29 is 53.8 Å². The van der Waals surface area contributed by atoms with Gasteiger partial charge >= 0.3 is 24.8 Å². The van der Waals surface area contributed by atoms with E-state index >= 15 is 0 Å². The van der Waals surface area contributed by atoms with Crippen LogP contribution in [0.4, 0.5) is 50.0 Å². The van der Waals surface area contributed by atoms with Gasteiger partial charge in [0.1, 0.15) is 11.9 Å². The van der Waals surface area contributed by atoms with Gasteiger partial charge in [-0.15, -0.1) is 13.2 Å². The molecule has 0 unspecified atom stereocenters. The minimum Gasteiger partial charge on any atom is -0.439 e. The first-order valence-electron chi connectivity index (χ1n) is 11.4. The van der Waals surface area contributed by atoms with Crippen molar-refractivity contribution >= 4 is 11.8 Å². The van der Waals surface area contributed by atoms with Crippen molar-refractivity contribution in [3.8, 4) is 5.75 Å². The van der Waals surface area contributed by atoms with E-state index in [2.05, 4.69) is 10.1 Å². The number of rotatable bonds is 6. The highest BCUT2D eigenvalue weighted by molar-refractivity contribution is 5.72. The molecule has 0 radical (unpaired) electrons. The standard InChI is InChI=1S/C24H21F9N2O3/c1-12-20(13-7-15(22(25,26)27)10-16(8-13)23(28,29)30)37-21(36)35(12)11-14-9-18(38-24(31,32)33)5-6-19(14)34-17-3-2-4-17/h5-10,12,17,20,34H,2-4,11H2,1H3/t12-,20-/m0/s1. The number of halogens is 9. The number of hydrogen-bond acceptors (Lipinski definition) is 4. The zero-order valence-corrected chi connectivity index (χ0v) is 19.6. The van der Waals surface area contributed by atoms with Gasteiger partial charge in [0.15, 0.2) is 0 Å². The van der Waals surface area contributed by atoms with E-state index in [1.54, 1.807) is 0 Å². The smallest absolute Gasteiger partial charge is 0.439 e.